The Bertz CT molecular complexity index is 365. The summed E-state index contributed by atoms with van der Waals surface area (Å²) in [5.74, 6) is 0. The van der Waals surface area contributed by atoms with E-state index < -0.39 is 0 Å². The molecule has 20 heavy (non-hydrogen) atoms. The average Bonchev–Trinajstić information content (AvgIpc) is 2.49. The van der Waals surface area contributed by atoms with E-state index >= 15 is 0 Å². The highest BCUT2D eigenvalue weighted by molar-refractivity contribution is 5.17. The third-order valence-electron chi connectivity index (χ3n) is 4.50. The van der Waals surface area contributed by atoms with Crippen LogP contribution in [0.5, 0.6) is 0 Å². The van der Waals surface area contributed by atoms with Crippen molar-refractivity contribution in [2.75, 3.05) is 13.2 Å². The monoisotopic (exact) mass is 275 g/mol. The quantitative estimate of drug-likeness (QED) is 0.813. The van der Waals surface area contributed by atoms with E-state index in [-0.39, 0.29) is 5.60 Å². The van der Waals surface area contributed by atoms with Gasteiger partial charge in [-0.3, -0.25) is 0 Å². The summed E-state index contributed by atoms with van der Waals surface area (Å²) >= 11 is 0. The van der Waals surface area contributed by atoms with Gasteiger partial charge in [-0.05, 0) is 38.3 Å². The maximum absolute atomic E-state index is 6.29. The van der Waals surface area contributed by atoms with E-state index in [1.54, 1.807) is 0 Å². The first-order valence-corrected chi connectivity index (χ1v) is 8.22. The Balaban J connectivity index is 2.15. The molecule has 0 radical (unpaired) electrons. The van der Waals surface area contributed by atoms with Crippen molar-refractivity contribution in [3.63, 3.8) is 0 Å². The fourth-order valence-corrected chi connectivity index (χ4v) is 3.57. The van der Waals surface area contributed by atoms with Gasteiger partial charge in [0, 0.05) is 12.6 Å². The standard InChI is InChI=1S/C18H29NO/c1-3-19-17(15-16-11-7-5-8-12-16)18(20-4-2)13-9-6-10-14-18/h5,7-8,11-12,17,19H,3-4,6,9-10,13-15H2,1-2H3. The number of rotatable bonds is 7. The third kappa shape index (κ3) is 3.83. The molecule has 0 bridgehead atoms. The maximum Gasteiger partial charge on any atom is 0.0837 e. The highest BCUT2D eigenvalue weighted by Gasteiger charge is 2.40. The van der Waals surface area contributed by atoms with Crippen LogP contribution in [0.2, 0.25) is 0 Å². The Hall–Kier alpha value is -0.860. The molecule has 2 rings (SSSR count). The second-order valence-electron chi connectivity index (χ2n) is 5.86. The summed E-state index contributed by atoms with van der Waals surface area (Å²) < 4.78 is 6.29. The number of nitrogens with one attached hydrogen (secondary N) is 1. The lowest BCUT2D eigenvalue weighted by molar-refractivity contribution is -0.0894. The second kappa shape index (κ2) is 7.80. The number of benzene rings is 1. The zero-order valence-corrected chi connectivity index (χ0v) is 13.0. The summed E-state index contributed by atoms with van der Waals surface area (Å²) in [5, 5.41) is 3.70. The first kappa shape index (κ1) is 15.5. The Morgan fingerprint density at radius 3 is 2.40 bits per heavy atom. The summed E-state index contributed by atoms with van der Waals surface area (Å²) in [6, 6.07) is 11.2. The minimum atomic E-state index is 0.0405. The molecular weight excluding hydrogens is 246 g/mol. The smallest absolute Gasteiger partial charge is 0.0837 e. The lowest BCUT2D eigenvalue weighted by Gasteiger charge is -2.44. The van der Waals surface area contributed by atoms with Crippen molar-refractivity contribution < 1.29 is 4.74 Å². The number of hydrogen-bond donors (Lipinski definition) is 1. The first-order chi connectivity index (χ1) is 9.80. The van der Waals surface area contributed by atoms with Gasteiger partial charge in [-0.15, -0.1) is 0 Å². The van der Waals surface area contributed by atoms with Crippen LogP contribution in [0.1, 0.15) is 51.5 Å². The van der Waals surface area contributed by atoms with Crippen LogP contribution in [0.3, 0.4) is 0 Å². The van der Waals surface area contributed by atoms with Crippen LogP contribution in [0.25, 0.3) is 0 Å². The molecule has 1 saturated carbocycles. The molecule has 1 unspecified atom stereocenters. The largest absolute Gasteiger partial charge is 0.374 e. The Morgan fingerprint density at radius 2 is 1.80 bits per heavy atom. The predicted octanol–water partition coefficient (Wildman–Crippen LogP) is 3.95. The fraction of sp³-hybridized carbons (Fsp3) is 0.667. The van der Waals surface area contributed by atoms with Crippen molar-refractivity contribution in [3.05, 3.63) is 35.9 Å². The molecule has 1 N–H and O–H groups in total. The highest BCUT2D eigenvalue weighted by Crippen LogP contribution is 2.35. The first-order valence-electron chi connectivity index (χ1n) is 8.22. The molecule has 0 aliphatic heterocycles. The summed E-state index contributed by atoms with van der Waals surface area (Å²) in [5.41, 5.74) is 1.45. The van der Waals surface area contributed by atoms with E-state index in [2.05, 4.69) is 49.5 Å². The van der Waals surface area contributed by atoms with Gasteiger partial charge in [-0.1, -0.05) is 56.5 Å². The zero-order valence-electron chi connectivity index (χ0n) is 13.0. The van der Waals surface area contributed by atoms with Crippen LogP contribution in [0.4, 0.5) is 0 Å². The molecule has 0 aromatic heterocycles. The summed E-state index contributed by atoms with van der Waals surface area (Å²) in [4.78, 5) is 0. The van der Waals surface area contributed by atoms with E-state index in [0.29, 0.717) is 6.04 Å². The molecule has 1 aromatic rings. The lowest BCUT2D eigenvalue weighted by atomic mass is 9.77. The zero-order chi connectivity index (χ0) is 14.3. The molecule has 2 heteroatoms. The molecule has 2 nitrogen and oxygen atoms in total. The van der Waals surface area contributed by atoms with Crippen LogP contribution in [-0.2, 0) is 11.2 Å². The molecule has 0 saturated heterocycles. The van der Waals surface area contributed by atoms with Crippen LogP contribution in [-0.4, -0.2) is 24.8 Å². The average molecular weight is 275 g/mol. The van der Waals surface area contributed by atoms with Crippen LogP contribution in [0.15, 0.2) is 30.3 Å². The molecule has 0 heterocycles. The lowest BCUT2D eigenvalue weighted by Crippen LogP contribution is -2.54. The van der Waals surface area contributed by atoms with E-state index in [1.807, 2.05) is 0 Å². The van der Waals surface area contributed by atoms with E-state index in [1.165, 1.54) is 37.7 Å². The molecule has 1 aromatic carbocycles. The molecule has 112 valence electrons. The van der Waals surface area contributed by atoms with E-state index in [9.17, 15) is 0 Å². The normalized spacial score (nSPS) is 19.7. The van der Waals surface area contributed by atoms with Gasteiger partial charge in [-0.25, -0.2) is 0 Å². The fourth-order valence-electron chi connectivity index (χ4n) is 3.57. The SMILES string of the molecule is CCNC(Cc1ccccc1)C1(OCC)CCCCC1. The Kier molecular flexibility index (Phi) is 6.06. The van der Waals surface area contributed by atoms with Gasteiger partial charge in [0.05, 0.1) is 5.60 Å². The Morgan fingerprint density at radius 1 is 1.10 bits per heavy atom. The number of hydrogen-bond acceptors (Lipinski definition) is 2. The van der Waals surface area contributed by atoms with E-state index in [0.717, 1.165) is 19.6 Å². The van der Waals surface area contributed by atoms with E-state index in [4.69, 9.17) is 4.74 Å². The predicted molar refractivity (Wildman–Crippen MR) is 85.1 cm³/mol. The number of likely N-dealkylation sites (N-methyl/N-ethyl adjacent to an activating group) is 1. The summed E-state index contributed by atoms with van der Waals surface area (Å²) in [6.45, 7) is 6.14. The van der Waals surface area contributed by atoms with Gasteiger partial charge in [0.25, 0.3) is 0 Å². The molecule has 0 spiro atoms. The van der Waals surface area contributed by atoms with Crippen molar-refractivity contribution in [3.8, 4) is 0 Å². The summed E-state index contributed by atoms with van der Waals surface area (Å²) in [7, 11) is 0. The van der Waals surface area contributed by atoms with Gasteiger partial charge in [0.2, 0.25) is 0 Å². The van der Waals surface area contributed by atoms with Gasteiger partial charge >= 0.3 is 0 Å². The van der Waals surface area contributed by atoms with Crippen LogP contribution >= 0.6 is 0 Å². The Labute approximate surface area is 123 Å². The minimum Gasteiger partial charge on any atom is -0.374 e. The molecule has 0 amide bonds. The van der Waals surface area contributed by atoms with Crippen molar-refractivity contribution in [2.45, 2.75) is 64.0 Å². The van der Waals surface area contributed by atoms with Crippen molar-refractivity contribution >= 4 is 0 Å². The highest BCUT2D eigenvalue weighted by atomic mass is 16.5. The molecule has 1 aliphatic rings. The van der Waals surface area contributed by atoms with Gasteiger partial charge < -0.3 is 10.1 Å². The van der Waals surface area contributed by atoms with Crippen molar-refractivity contribution in [2.24, 2.45) is 0 Å². The minimum absolute atomic E-state index is 0.0405. The number of ether oxygens (including phenoxy) is 1. The van der Waals surface area contributed by atoms with Crippen LogP contribution in [0, 0.1) is 0 Å². The van der Waals surface area contributed by atoms with Gasteiger partial charge in [0.15, 0.2) is 0 Å². The van der Waals surface area contributed by atoms with Crippen molar-refractivity contribution in [1.29, 1.82) is 0 Å². The summed E-state index contributed by atoms with van der Waals surface area (Å²) in [6.07, 6.45) is 7.43. The second-order valence-corrected chi connectivity index (χ2v) is 5.86. The molecular formula is C18H29NO. The molecule has 1 atom stereocenters. The van der Waals surface area contributed by atoms with Crippen molar-refractivity contribution in [1.82, 2.24) is 5.32 Å². The van der Waals surface area contributed by atoms with Crippen LogP contribution < -0.4 is 5.32 Å². The topological polar surface area (TPSA) is 21.3 Å². The van der Waals surface area contributed by atoms with Gasteiger partial charge in [-0.2, -0.15) is 0 Å². The maximum atomic E-state index is 6.29. The molecule has 1 fully saturated rings. The molecule has 1 aliphatic carbocycles. The third-order valence-corrected chi connectivity index (χ3v) is 4.50. The van der Waals surface area contributed by atoms with Gasteiger partial charge in [0.1, 0.15) is 0 Å².